The van der Waals surface area contributed by atoms with Crippen molar-refractivity contribution in [3.05, 3.63) is 34.2 Å². The highest BCUT2D eigenvalue weighted by Crippen LogP contribution is 2.37. The summed E-state index contributed by atoms with van der Waals surface area (Å²) in [6.07, 6.45) is 4.56. The van der Waals surface area contributed by atoms with E-state index in [1.807, 2.05) is 19.1 Å². The molecule has 0 bridgehead atoms. The molecule has 4 aromatic rings. The Balaban J connectivity index is 1.78. The van der Waals surface area contributed by atoms with Gasteiger partial charge in [-0.3, -0.25) is 5.10 Å². The Morgan fingerprint density at radius 2 is 2.11 bits per heavy atom. The summed E-state index contributed by atoms with van der Waals surface area (Å²) in [5.41, 5.74) is 4.11. The van der Waals surface area contributed by atoms with Crippen LogP contribution in [0.4, 0.5) is 0 Å². The van der Waals surface area contributed by atoms with E-state index in [1.54, 1.807) is 10.9 Å². The number of H-pyrrole nitrogens is 1. The molecule has 1 aliphatic rings. The van der Waals surface area contributed by atoms with Gasteiger partial charge in [-0.15, -0.1) is 0 Å². The van der Waals surface area contributed by atoms with Gasteiger partial charge >= 0.3 is 0 Å². The Morgan fingerprint density at radius 3 is 2.93 bits per heavy atom. The number of nitrogens with zero attached hydrogens (tertiary/aromatic N) is 5. The third-order valence-corrected chi connectivity index (χ3v) is 5.63. The number of aromatic nitrogens is 6. The molecule has 0 aliphatic carbocycles. The molecule has 9 heteroatoms. The van der Waals surface area contributed by atoms with Gasteiger partial charge in [-0.1, -0.05) is 35.3 Å². The quantitative estimate of drug-likeness (QED) is 0.526. The number of halogens is 2. The molecule has 5 rings (SSSR count). The fourth-order valence-electron chi connectivity index (χ4n) is 3.47. The van der Waals surface area contributed by atoms with Crippen molar-refractivity contribution in [1.29, 1.82) is 0 Å². The van der Waals surface area contributed by atoms with Crippen LogP contribution in [0.3, 0.4) is 0 Å². The number of hydrogen-bond donors (Lipinski definition) is 1. The average Bonchev–Trinajstić information content (AvgIpc) is 3.29. The molecule has 1 atom stereocenters. The number of nitrogens with one attached hydrogen (secondary N) is 1. The van der Waals surface area contributed by atoms with E-state index < -0.39 is 0 Å². The number of aromatic amines is 1. The first-order valence-corrected chi connectivity index (χ1v) is 9.55. The monoisotopic (exact) mass is 402 g/mol. The van der Waals surface area contributed by atoms with Gasteiger partial charge in [0, 0.05) is 17.6 Å². The molecular formula is C18H16Cl2N6O. The minimum atomic E-state index is -0.183. The first kappa shape index (κ1) is 16.9. The van der Waals surface area contributed by atoms with Crippen LogP contribution >= 0.6 is 23.2 Å². The lowest BCUT2D eigenvalue weighted by molar-refractivity contribution is -0.0368. The van der Waals surface area contributed by atoms with Crippen molar-refractivity contribution in [2.45, 2.75) is 32.4 Å². The van der Waals surface area contributed by atoms with Gasteiger partial charge in [-0.25, -0.2) is 14.6 Å². The van der Waals surface area contributed by atoms with Crippen LogP contribution in [-0.4, -0.2) is 36.6 Å². The van der Waals surface area contributed by atoms with Crippen LogP contribution in [0.1, 0.15) is 31.2 Å². The summed E-state index contributed by atoms with van der Waals surface area (Å²) in [5.74, 6) is 0. The summed E-state index contributed by atoms with van der Waals surface area (Å²) >= 11 is 12.9. The molecule has 0 radical (unpaired) electrons. The molecule has 138 valence electrons. The lowest BCUT2D eigenvalue weighted by Gasteiger charge is -2.22. The smallest absolute Gasteiger partial charge is 0.181 e. The second-order valence-corrected chi connectivity index (χ2v) is 7.38. The average molecular weight is 403 g/mol. The molecule has 7 nitrogen and oxygen atoms in total. The Labute approximate surface area is 164 Å². The number of rotatable bonds is 2. The maximum absolute atomic E-state index is 6.66. The van der Waals surface area contributed by atoms with E-state index in [0.29, 0.717) is 39.3 Å². The Bertz CT molecular complexity index is 1160. The molecule has 4 heterocycles. The van der Waals surface area contributed by atoms with Crippen molar-refractivity contribution in [2.24, 2.45) is 0 Å². The standard InChI is InChI=1S/C18H16Cl2N6O/c1-9-17(20)23-18-16(22-9)15(25-26(18)12-4-2-3-7-27-12)11-6-5-10-8-21-24-14(10)13(11)19/h5-6,8,12H,2-4,7H2,1H3,(H,21,24). The van der Waals surface area contributed by atoms with Crippen LogP contribution in [0, 0.1) is 6.92 Å². The second kappa shape index (κ2) is 6.44. The van der Waals surface area contributed by atoms with Crippen molar-refractivity contribution in [2.75, 3.05) is 6.61 Å². The molecule has 0 spiro atoms. The van der Waals surface area contributed by atoms with Gasteiger partial charge in [0.2, 0.25) is 0 Å². The Hall–Kier alpha value is -2.22. The number of ether oxygens (including phenoxy) is 1. The molecule has 1 saturated heterocycles. The number of benzene rings is 1. The zero-order valence-corrected chi connectivity index (χ0v) is 16.0. The van der Waals surface area contributed by atoms with Crippen molar-refractivity contribution in [3.8, 4) is 11.3 Å². The molecule has 1 aliphatic heterocycles. The SMILES string of the molecule is Cc1nc2c(-c3ccc4cn[nH]c4c3Cl)nn(C3CCCCO3)c2nc1Cl. The Morgan fingerprint density at radius 1 is 1.22 bits per heavy atom. The van der Waals surface area contributed by atoms with Crippen LogP contribution < -0.4 is 0 Å². The predicted octanol–water partition coefficient (Wildman–Crippen LogP) is 4.68. The molecule has 3 aromatic heterocycles. The summed E-state index contributed by atoms with van der Waals surface area (Å²) < 4.78 is 7.71. The van der Waals surface area contributed by atoms with Crippen molar-refractivity contribution in [3.63, 3.8) is 0 Å². The van der Waals surface area contributed by atoms with Gasteiger partial charge in [0.05, 0.1) is 22.4 Å². The van der Waals surface area contributed by atoms with Crippen molar-refractivity contribution < 1.29 is 4.74 Å². The number of aryl methyl sites for hydroxylation is 1. The van der Waals surface area contributed by atoms with E-state index in [-0.39, 0.29) is 6.23 Å². The lowest BCUT2D eigenvalue weighted by Crippen LogP contribution is -2.19. The van der Waals surface area contributed by atoms with E-state index in [4.69, 9.17) is 33.0 Å². The van der Waals surface area contributed by atoms with Crippen molar-refractivity contribution >= 4 is 45.3 Å². The third kappa shape index (κ3) is 2.69. The first-order valence-electron chi connectivity index (χ1n) is 8.79. The van der Waals surface area contributed by atoms with Crippen molar-refractivity contribution in [1.82, 2.24) is 29.9 Å². The summed E-state index contributed by atoms with van der Waals surface area (Å²) in [5, 5.41) is 13.7. The normalized spacial score (nSPS) is 17.8. The van der Waals surface area contributed by atoms with Gasteiger partial charge in [0.25, 0.3) is 0 Å². The molecular weight excluding hydrogens is 387 g/mol. The van der Waals surface area contributed by atoms with Crippen LogP contribution in [-0.2, 0) is 4.74 Å². The van der Waals surface area contributed by atoms with Crippen LogP contribution in [0.5, 0.6) is 0 Å². The largest absolute Gasteiger partial charge is 0.356 e. The summed E-state index contributed by atoms with van der Waals surface area (Å²) in [7, 11) is 0. The topological polar surface area (TPSA) is 81.5 Å². The van der Waals surface area contributed by atoms with E-state index in [2.05, 4.69) is 20.2 Å². The van der Waals surface area contributed by atoms with E-state index >= 15 is 0 Å². The van der Waals surface area contributed by atoms with Gasteiger partial charge in [0.15, 0.2) is 17.0 Å². The molecule has 1 aromatic carbocycles. The molecule has 1 N–H and O–H groups in total. The fraction of sp³-hybridized carbons (Fsp3) is 0.333. The first-order chi connectivity index (χ1) is 13.1. The number of fused-ring (bicyclic) bond motifs is 2. The zero-order chi connectivity index (χ0) is 18.5. The minimum absolute atomic E-state index is 0.183. The van der Waals surface area contributed by atoms with Gasteiger partial charge < -0.3 is 4.74 Å². The van der Waals surface area contributed by atoms with Crippen LogP contribution in [0.2, 0.25) is 10.2 Å². The minimum Gasteiger partial charge on any atom is -0.356 e. The lowest BCUT2D eigenvalue weighted by atomic mass is 10.1. The molecule has 0 amide bonds. The maximum atomic E-state index is 6.66. The highest BCUT2D eigenvalue weighted by Gasteiger charge is 2.25. The highest BCUT2D eigenvalue weighted by atomic mass is 35.5. The third-order valence-electron chi connectivity index (χ3n) is 4.88. The highest BCUT2D eigenvalue weighted by molar-refractivity contribution is 6.38. The fourth-order valence-corrected chi connectivity index (χ4v) is 3.90. The summed E-state index contributed by atoms with van der Waals surface area (Å²) in [6, 6.07) is 3.89. The summed E-state index contributed by atoms with van der Waals surface area (Å²) in [6.45, 7) is 2.53. The van der Waals surface area contributed by atoms with Gasteiger partial charge in [-0.2, -0.15) is 10.2 Å². The second-order valence-electron chi connectivity index (χ2n) is 6.65. The number of hydrogen-bond acceptors (Lipinski definition) is 5. The van der Waals surface area contributed by atoms with E-state index in [9.17, 15) is 0 Å². The van der Waals surface area contributed by atoms with Gasteiger partial charge in [-0.05, 0) is 26.2 Å². The molecule has 1 fully saturated rings. The van der Waals surface area contributed by atoms with Gasteiger partial charge in [0.1, 0.15) is 11.2 Å². The zero-order valence-electron chi connectivity index (χ0n) is 14.5. The van der Waals surface area contributed by atoms with E-state index in [0.717, 1.165) is 35.7 Å². The predicted molar refractivity (Wildman–Crippen MR) is 104 cm³/mol. The van der Waals surface area contributed by atoms with E-state index in [1.165, 1.54) is 0 Å². The molecule has 1 unspecified atom stereocenters. The van der Waals surface area contributed by atoms with Crippen LogP contribution in [0.15, 0.2) is 18.3 Å². The maximum Gasteiger partial charge on any atom is 0.181 e. The Kier molecular flexibility index (Phi) is 4.03. The molecule has 0 saturated carbocycles. The summed E-state index contributed by atoms with van der Waals surface area (Å²) in [4.78, 5) is 9.20. The molecule has 27 heavy (non-hydrogen) atoms. The van der Waals surface area contributed by atoms with Crippen LogP contribution in [0.25, 0.3) is 33.3 Å².